The predicted octanol–water partition coefficient (Wildman–Crippen LogP) is 3.89. The minimum Gasteiger partial charge on any atom is -0.314 e. The first kappa shape index (κ1) is 21.5. The summed E-state index contributed by atoms with van der Waals surface area (Å²) in [4.78, 5) is 0. The number of nitrogens with zero attached hydrogens (tertiary/aromatic N) is 5. The molecular weight excluding hydrogens is 384 g/mol. The molecule has 0 atom stereocenters. The maximum absolute atomic E-state index is 4.77. The molecule has 6 nitrogen and oxygen atoms in total. The molecule has 0 saturated heterocycles. The third-order valence-corrected chi connectivity index (χ3v) is 5.76. The molecule has 7 heteroatoms. The van der Waals surface area contributed by atoms with E-state index in [-0.39, 0.29) is 12.4 Å². The monoisotopic (exact) mass is 414 g/mol. The first-order valence-electron chi connectivity index (χ1n) is 10.3. The van der Waals surface area contributed by atoms with Gasteiger partial charge in [0.15, 0.2) is 0 Å². The van der Waals surface area contributed by atoms with Gasteiger partial charge in [0.1, 0.15) is 11.6 Å². The summed E-state index contributed by atoms with van der Waals surface area (Å²) in [6.07, 6.45) is 4.79. The van der Waals surface area contributed by atoms with E-state index in [0.29, 0.717) is 0 Å². The van der Waals surface area contributed by atoms with Crippen LogP contribution in [0, 0.1) is 20.8 Å². The molecule has 0 radical (unpaired) electrons. The van der Waals surface area contributed by atoms with E-state index in [0.717, 1.165) is 49.9 Å². The van der Waals surface area contributed by atoms with Crippen molar-refractivity contribution in [3.63, 3.8) is 0 Å². The number of aryl methyl sites for hydroxylation is 3. The Kier molecular flexibility index (Phi) is 7.09. The van der Waals surface area contributed by atoms with E-state index < -0.39 is 0 Å². The molecule has 0 unspecified atom stereocenters. The molecule has 0 fully saturated rings. The van der Waals surface area contributed by atoms with Gasteiger partial charge in [-0.2, -0.15) is 5.10 Å². The maximum Gasteiger partial charge on any atom is 0.147 e. The van der Waals surface area contributed by atoms with Crippen molar-refractivity contribution < 1.29 is 0 Å². The lowest BCUT2D eigenvalue weighted by atomic mass is 10.1. The van der Waals surface area contributed by atoms with Gasteiger partial charge in [-0.05, 0) is 39.2 Å². The lowest BCUT2D eigenvalue weighted by molar-refractivity contribution is 0.571. The van der Waals surface area contributed by atoms with Crippen LogP contribution in [0.4, 0.5) is 0 Å². The summed E-state index contributed by atoms with van der Waals surface area (Å²) in [6, 6.07) is 8.68. The Morgan fingerprint density at radius 3 is 2.55 bits per heavy atom. The second-order valence-electron chi connectivity index (χ2n) is 7.89. The van der Waals surface area contributed by atoms with Crippen LogP contribution in [0.2, 0.25) is 0 Å². The molecule has 3 aromatic rings. The number of benzene rings is 1. The van der Waals surface area contributed by atoms with Crippen molar-refractivity contribution in [1.29, 1.82) is 0 Å². The van der Waals surface area contributed by atoms with Gasteiger partial charge in [-0.1, -0.05) is 36.2 Å². The largest absolute Gasteiger partial charge is 0.314 e. The summed E-state index contributed by atoms with van der Waals surface area (Å²) in [5.41, 5.74) is 6.17. The Morgan fingerprint density at radius 1 is 0.966 bits per heavy atom. The Hall–Kier alpha value is -2.18. The van der Waals surface area contributed by atoms with Gasteiger partial charge in [0.2, 0.25) is 0 Å². The first-order valence-corrected chi connectivity index (χ1v) is 10.3. The molecule has 0 bridgehead atoms. The minimum absolute atomic E-state index is 0. The number of aromatic nitrogens is 5. The fraction of sp³-hybridized carbons (Fsp3) is 0.500. The van der Waals surface area contributed by atoms with Crippen molar-refractivity contribution in [2.75, 3.05) is 0 Å². The molecule has 2 aromatic heterocycles. The topological polar surface area (TPSA) is 60.6 Å². The summed E-state index contributed by atoms with van der Waals surface area (Å²) >= 11 is 0. The molecular formula is C22H31ClN6. The van der Waals surface area contributed by atoms with Crippen LogP contribution in [0.3, 0.4) is 0 Å². The molecule has 156 valence electrons. The average molecular weight is 415 g/mol. The summed E-state index contributed by atoms with van der Waals surface area (Å²) in [6.45, 7) is 9.78. The normalized spacial score (nSPS) is 13.6. The summed E-state index contributed by atoms with van der Waals surface area (Å²) in [7, 11) is 0. The molecule has 0 amide bonds. The van der Waals surface area contributed by atoms with Crippen molar-refractivity contribution in [3.8, 4) is 0 Å². The first-order chi connectivity index (χ1) is 13.6. The number of halogens is 1. The summed E-state index contributed by atoms with van der Waals surface area (Å²) in [5, 5.41) is 17.1. The van der Waals surface area contributed by atoms with E-state index in [1.54, 1.807) is 0 Å². The quantitative estimate of drug-likeness (QED) is 0.664. The molecule has 29 heavy (non-hydrogen) atoms. The zero-order valence-electron chi connectivity index (χ0n) is 17.6. The minimum atomic E-state index is 0. The third-order valence-electron chi connectivity index (χ3n) is 5.76. The smallest absolute Gasteiger partial charge is 0.147 e. The third kappa shape index (κ3) is 4.87. The van der Waals surface area contributed by atoms with Gasteiger partial charge < -0.3 is 9.88 Å². The number of hydrogen-bond acceptors (Lipinski definition) is 4. The van der Waals surface area contributed by atoms with E-state index >= 15 is 0 Å². The van der Waals surface area contributed by atoms with E-state index in [2.05, 4.69) is 69.8 Å². The highest BCUT2D eigenvalue weighted by Gasteiger charge is 2.15. The fourth-order valence-electron chi connectivity index (χ4n) is 3.99. The maximum atomic E-state index is 4.77. The standard InChI is InChI=1S/C22H30N6.ClH/c1-16-8-10-19(11-9-16)15-28-18(3)20(17(2)26-28)13-23-14-22-25-24-21-7-5-4-6-12-27(21)22;/h8-11,23H,4-7,12-15H2,1-3H3;1H. The number of fused-ring (bicyclic) bond motifs is 1. The Morgan fingerprint density at radius 2 is 1.76 bits per heavy atom. The molecule has 4 rings (SSSR count). The van der Waals surface area contributed by atoms with Gasteiger partial charge in [0.25, 0.3) is 0 Å². The Labute approximate surface area is 179 Å². The predicted molar refractivity (Wildman–Crippen MR) is 117 cm³/mol. The van der Waals surface area contributed by atoms with Crippen molar-refractivity contribution in [2.45, 2.75) is 72.6 Å². The van der Waals surface area contributed by atoms with E-state index in [1.807, 2.05) is 0 Å². The van der Waals surface area contributed by atoms with Gasteiger partial charge in [0, 0.05) is 30.8 Å². The van der Waals surface area contributed by atoms with E-state index in [1.165, 1.54) is 41.6 Å². The van der Waals surface area contributed by atoms with Crippen molar-refractivity contribution in [3.05, 3.63) is 64.0 Å². The van der Waals surface area contributed by atoms with Crippen LogP contribution in [0.5, 0.6) is 0 Å². The molecule has 1 aromatic carbocycles. The van der Waals surface area contributed by atoms with Gasteiger partial charge in [0.05, 0.1) is 18.8 Å². The summed E-state index contributed by atoms with van der Waals surface area (Å²) in [5.74, 6) is 2.20. The van der Waals surface area contributed by atoms with Gasteiger partial charge in [-0.25, -0.2) is 0 Å². The van der Waals surface area contributed by atoms with E-state index in [4.69, 9.17) is 5.10 Å². The lowest BCUT2D eigenvalue weighted by Crippen LogP contribution is -2.18. The van der Waals surface area contributed by atoms with Gasteiger partial charge in [-0.3, -0.25) is 4.68 Å². The van der Waals surface area contributed by atoms with Crippen LogP contribution in [0.25, 0.3) is 0 Å². The highest BCUT2D eigenvalue weighted by atomic mass is 35.5. The molecule has 1 aliphatic heterocycles. The van der Waals surface area contributed by atoms with Crippen molar-refractivity contribution in [1.82, 2.24) is 29.9 Å². The van der Waals surface area contributed by atoms with Gasteiger partial charge in [-0.15, -0.1) is 22.6 Å². The second-order valence-corrected chi connectivity index (χ2v) is 7.89. The van der Waals surface area contributed by atoms with Crippen molar-refractivity contribution in [2.24, 2.45) is 0 Å². The molecule has 0 spiro atoms. The SMILES string of the molecule is Cc1ccc(Cn2nc(C)c(CNCc3nnc4n3CCCCC4)c2C)cc1.Cl. The van der Waals surface area contributed by atoms with Gasteiger partial charge >= 0.3 is 0 Å². The molecule has 3 heterocycles. The highest BCUT2D eigenvalue weighted by Crippen LogP contribution is 2.17. The summed E-state index contributed by atoms with van der Waals surface area (Å²) < 4.78 is 4.42. The molecule has 0 aliphatic carbocycles. The average Bonchev–Trinajstić information content (AvgIpc) is 3.07. The van der Waals surface area contributed by atoms with Crippen LogP contribution in [-0.2, 0) is 32.6 Å². The molecule has 1 aliphatic rings. The Balaban J connectivity index is 0.00000240. The van der Waals surface area contributed by atoms with Crippen LogP contribution < -0.4 is 5.32 Å². The fourth-order valence-corrected chi connectivity index (χ4v) is 3.99. The van der Waals surface area contributed by atoms with Crippen LogP contribution >= 0.6 is 12.4 Å². The number of rotatable bonds is 6. The zero-order valence-corrected chi connectivity index (χ0v) is 18.4. The highest BCUT2D eigenvalue weighted by molar-refractivity contribution is 5.85. The molecule has 1 N–H and O–H groups in total. The van der Waals surface area contributed by atoms with Crippen molar-refractivity contribution >= 4 is 12.4 Å². The lowest BCUT2D eigenvalue weighted by Gasteiger charge is -2.09. The number of nitrogens with one attached hydrogen (secondary N) is 1. The Bertz CT molecular complexity index is 941. The zero-order chi connectivity index (χ0) is 19.5. The van der Waals surface area contributed by atoms with Crippen LogP contribution in [-0.4, -0.2) is 24.5 Å². The van der Waals surface area contributed by atoms with E-state index in [9.17, 15) is 0 Å². The molecule has 0 saturated carbocycles. The number of hydrogen-bond donors (Lipinski definition) is 1. The van der Waals surface area contributed by atoms with Crippen LogP contribution in [0.1, 0.15) is 59.0 Å². The van der Waals surface area contributed by atoms with Crippen LogP contribution in [0.15, 0.2) is 24.3 Å². The second kappa shape index (κ2) is 9.55.